The quantitative estimate of drug-likeness (QED) is 0.270. The third-order valence-corrected chi connectivity index (χ3v) is 4.63. The van der Waals surface area contributed by atoms with Crippen LogP contribution in [-0.4, -0.2) is 23.8 Å². The number of nitrogens with two attached hydrogens (primary N) is 1. The van der Waals surface area contributed by atoms with Gasteiger partial charge < -0.3 is 20.3 Å². The lowest BCUT2D eigenvalue weighted by Crippen LogP contribution is -2.07. The highest BCUT2D eigenvalue weighted by Crippen LogP contribution is 2.38. The topological polar surface area (TPSA) is 85.7 Å². The van der Waals surface area contributed by atoms with Gasteiger partial charge in [-0.3, -0.25) is 0 Å². The van der Waals surface area contributed by atoms with Gasteiger partial charge in [-0.15, -0.1) is 0 Å². The lowest BCUT2D eigenvalue weighted by Gasteiger charge is -2.12. The first-order chi connectivity index (χ1) is 13.7. The molecule has 2 aromatic carbocycles. The Hall–Kier alpha value is -3.09. The van der Waals surface area contributed by atoms with Gasteiger partial charge in [0.15, 0.2) is 0 Å². The number of hydrogen-bond acceptors (Lipinski definition) is 6. The molecule has 28 heavy (non-hydrogen) atoms. The summed E-state index contributed by atoms with van der Waals surface area (Å²) in [6, 6.07) is 15.8. The number of aromatic nitrogens is 1. The fraction of sp³-hybridized carbons (Fsp3) is 0.143. The van der Waals surface area contributed by atoms with Gasteiger partial charge in [0.05, 0.1) is 27.3 Å². The molecule has 0 aliphatic rings. The molecule has 0 aliphatic heterocycles. The second kappa shape index (κ2) is 7.88. The Morgan fingerprint density at radius 2 is 2.00 bits per heavy atom. The number of halogens is 1. The summed E-state index contributed by atoms with van der Waals surface area (Å²) in [6.45, 7) is 2.72. The fourth-order valence-electron chi connectivity index (χ4n) is 2.98. The largest absolute Gasteiger partial charge is 0.444 e. The molecule has 0 aliphatic carbocycles. The van der Waals surface area contributed by atoms with Crippen molar-refractivity contribution in [1.29, 1.82) is 0 Å². The number of oxime groups is 1. The number of pyridine rings is 1. The van der Waals surface area contributed by atoms with Gasteiger partial charge in [-0.25, -0.2) is 4.98 Å². The number of fused-ring (bicyclic) bond motifs is 2. The van der Waals surface area contributed by atoms with E-state index in [0.29, 0.717) is 23.9 Å². The maximum absolute atomic E-state index is 6.36. The molecule has 0 bridgehead atoms. The van der Waals surface area contributed by atoms with Gasteiger partial charge in [-0.1, -0.05) is 47.1 Å². The molecule has 6 nitrogen and oxygen atoms in total. The minimum Gasteiger partial charge on any atom is -0.444 e. The first-order valence-electron chi connectivity index (χ1n) is 8.87. The number of para-hydroxylation sites is 1. The molecule has 0 amide bonds. The summed E-state index contributed by atoms with van der Waals surface area (Å²) in [4.78, 5) is 9.68. The van der Waals surface area contributed by atoms with Crippen LogP contribution in [0.25, 0.3) is 22.0 Å². The Labute approximate surface area is 166 Å². The molecular formula is C21H19ClN4O2. The second-order valence-electron chi connectivity index (χ2n) is 6.27. The summed E-state index contributed by atoms with van der Waals surface area (Å²) in [6.07, 6.45) is 1.51. The average molecular weight is 395 g/mol. The van der Waals surface area contributed by atoms with Gasteiger partial charge in [-0.05, 0) is 30.7 Å². The first-order valence-corrected chi connectivity index (χ1v) is 9.24. The number of rotatable bonds is 6. The molecule has 142 valence electrons. The van der Waals surface area contributed by atoms with E-state index in [1.165, 1.54) is 6.26 Å². The van der Waals surface area contributed by atoms with Gasteiger partial charge in [-0.2, -0.15) is 0 Å². The lowest BCUT2D eigenvalue weighted by molar-refractivity contribution is 0.152. The van der Waals surface area contributed by atoms with Crippen LogP contribution in [-0.2, 0) is 4.84 Å². The molecule has 2 aromatic heterocycles. The van der Waals surface area contributed by atoms with E-state index in [9.17, 15) is 0 Å². The van der Waals surface area contributed by atoms with Crippen molar-refractivity contribution in [2.45, 2.75) is 6.92 Å². The van der Waals surface area contributed by atoms with Crippen LogP contribution in [0.3, 0.4) is 0 Å². The van der Waals surface area contributed by atoms with Gasteiger partial charge in [0, 0.05) is 17.6 Å². The zero-order valence-electron chi connectivity index (χ0n) is 15.3. The number of furan rings is 1. The van der Waals surface area contributed by atoms with Crippen LogP contribution in [0.1, 0.15) is 12.5 Å². The Morgan fingerprint density at radius 3 is 2.79 bits per heavy atom. The van der Waals surface area contributed by atoms with Crippen molar-refractivity contribution in [2.24, 2.45) is 10.9 Å². The molecule has 2 heterocycles. The molecule has 0 saturated carbocycles. The summed E-state index contributed by atoms with van der Waals surface area (Å²) in [5.74, 6) is 0. The van der Waals surface area contributed by atoms with Crippen molar-refractivity contribution in [2.75, 3.05) is 18.5 Å². The summed E-state index contributed by atoms with van der Waals surface area (Å²) in [5.41, 5.74) is 10.3. The van der Waals surface area contributed by atoms with Crippen LogP contribution < -0.4 is 11.1 Å². The van der Waals surface area contributed by atoms with Crippen molar-refractivity contribution in [3.05, 3.63) is 65.4 Å². The van der Waals surface area contributed by atoms with Gasteiger partial charge in [0.2, 0.25) is 5.71 Å². The number of hydrogen-bond donors (Lipinski definition) is 2. The Balaban J connectivity index is 1.70. The predicted molar refractivity (Wildman–Crippen MR) is 113 cm³/mol. The number of nitrogens with one attached hydrogen (secondary N) is 1. The third-order valence-electron chi connectivity index (χ3n) is 4.35. The van der Waals surface area contributed by atoms with Crippen LogP contribution in [0.5, 0.6) is 0 Å². The molecule has 4 aromatic rings. The first kappa shape index (κ1) is 18.3. The predicted octanol–water partition coefficient (Wildman–Crippen LogP) is 5.08. The van der Waals surface area contributed by atoms with E-state index in [0.717, 1.165) is 38.9 Å². The molecule has 3 N–H and O–H groups in total. The van der Waals surface area contributed by atoms with Gasteiger partial charge in [0.1, 0.15) is 12.9 Å². The van der Waals surface area contributed by atoms with Crippen LogP contribution >= 0.6 is 11.6 Å². The summed E-state index contributed by atoms with van der Waals surface area (Å²) < 4.78 is 5.51. The fourth-order valence-corrected chi connectivity index (χ4v) is 3.20. The molecule has 0 radical (unpaired) electrons. The van der Waals surface area contributed by atoms with Crippen LogP contribution in [0, 0.1) is 0 Å². The van der Waals surface area contributed by atoms with Crippen molar-refractivity contribution in [3.8, 4) is 0 Å². The Morgan fingerprint density at radius 1 is 1.21 bits per heavy atom. The van der Waals surface area contributed by atoms with Crippen molar-refractivity contribution < 1.29 is 9.25 Å². The van der Waals surface area contributed by atoms with Gasteiger partial charge >= 0.3 is 0 Å². The van der Waals surface area contributed by atoms with Crippen LogP contribution in [0.2, 0.25) is 5.02 Å². The molecule has 0 fully saturated rings. The van der Waals surface area contributed by atoms with E-state index in [4.69, 9.17) is 26.6 Å². The zero-order chi connectivity index (χ0) is 19.5. The Bertz CT molecular complexity index is 1150. The standard InChI is InChI=1S/C21H19ClN4O2/c1-13(26-28-11-10-23)14-6-8-15(9-7-14)24-20-16-4-2-3-5-18(16)25-21-19(20)17(22)12-27-21/h2-9,12H,10-11,23H2,1H3,(H,24,25)/b26-13+. The third kappa shape index (κ3) is 3.52. The minimum absolute atomic E-state index is 0.396. The molecule has 0 saturated heterocycles. The smallest absolute Gasteiger partial charge is 0.230 e. The SMILES string of the molecule is C/C(=N\OCCN)c1ccc(Nc2c3ccccc3nc3occ(Cl)c23)cc1. The van der Waals surface area contributed by atoms with Crippen LogP contribution in [0.15, 0.2) is 64.4 Å². The summed E-state index contributed by atoms with van der Waals surface area (Å²) >= 11 is 6.36. The second-order valence-corrected chi connectivity index (χ2v) is 6.68. The lowest BCUT2D eigenvalue weighted by atomic mass is 10.1. The van der Waals surface area contributed by atoms with E-state index in [-0.39, 0.29) is 0 Å². The molecule has 4 rings (SSSR count). The van der Waals surface area contributed by atoms with Crippen molar-refractivity contribution >= 4 is 50.7 Å². The van der Waals surface area contributed by atoms with Crippen molar-refractivity contribution in [1.82, 2.24) is 4.98 Å². The van der Waals surface area contributed by atoms with E-state index in [2.05, 4.69) is 15.5 Å². The number of nitrogens with zero attached hydrogens (tertiary/aromatic N) is 2. The average Bonchev–Trinajstić information content (AvgIpc) is 3.09. The molecule has 7 heteroatoms. The number of anilines is 2. The number of benzene rings is 2. The maximum Gasteiger partial charge on any atom is 0.230 e. The molecule has 0 atom stereocenters. The van der Waals surface area contributed by atoms with E-state index >= 15 is 0 Å². The minimum atomic E-state index is 0.396. The molecular weight excluding hydrogens is 376 g/mol. The monoisotopic (exact) mass is 394 g/mol. The van der Waals surface area contributed by atoms with E-state index in [1.807, 2.05) is 55.5 Å². The zero-order valence-corrected chi connectivity index (χ0v) is 16.0. The van der Waals surface area contributed by atoms with Crippen molar-refractivity contribution in [3.63, 3.8) is 0 Å². The van der Waals surface area contributed by atoms with E-state index < -0.39 is 0 Å². The summed E-state index contributed by atoms with van der Waals surface area (Å²) in [5, 5.41) is 9.78. The highest BCUT2D eigenvalue weighted by Gasteiger charge is 2.15. The van der Waals surface area contributed by atoms with E-state index in [1.54, 1.807) is 0 Å². The Kier molecular flexibility index (Phi) is 5.14. The van der Waals surface area contributed by atoms with Gasteiger partial charge in [0.25, 0.3) is 0 Å². The summed E-state index contributed by atoms with van der Waals surface area (Å²) in [7, 11) is 0. The molecule has 0 spiro atoms. The normalized spacial score (nSPS) is 11.9. The highest BCUT2D eigenvalue weighted by molar-refractivity contribution is 6.37. The maximum atomic E-state index is 6.36. The van der Waals surface area contributed by atoms with Crippen LogP contribution in [0.4, 0.5) is 11.4 Å². The highest BCUT2D eigenvalue weighted by atomic mass is 35.5. The molecule has 0 unspecified atom stereocenters.